The molecule has 0 rings (SSSR count). The number of carbonyl (C=O) groups is 1. The van der Waals surface area contributed by atoms with E-state index in [1.807, 2.05) is 0 Å². The van der Waals surface area contributed by atoms with E-state index in [1.165, 1.54) is 19.3 Å². The number of hydrogen-bond donors (Lipinski definition) is 1. The lowest BCUT2D eigenvalue weighted by Crippen LogP contribution is -2.16. The van der Waals surface area contributed by atoms with Gasteiger partial charge in [0, 0.05) is 6.42 Å². The molecule has 0 atom stereocenters. The fraction of sp³-hybridized carbons (Fsp3) is 0.976. The van der Waals surface area contributed by atoms with Gasteiger partial charge in [-0.05, 0) is 6.42 Å². The summed E-state index contributed by atoms with van der Waals surface area (Å²) >= 11 is 0. The summed E-state index contributed by atoms with van der Waals surface area (Å²) in [5.41, 5.74) is 0. The highest BCUT2D eigenvalue weighted by Gasteiger charge is 2.03. The van der Waals surface area contributed by atoms with Crippen LogP contribution in [-0.4, -0.2) is 236 Å². The SMILES string of the molecule is CCCCCCCC(=O)OCCOCCOCCOCCOCCOCCOCCOCCOCCOCCOCCOCCOCCOCCOCCOCCOCCO. The molecule has 0 amide bonds. The Bertz CT molecular complexity index is 804. The van der Waals surface area contributed by atoms with Crippen molar-refractivity contribution in [2.45, 2.75) is 45.4 Å². The first-order valence-electron chi connectivity index (χ1n) is 22.3. The minimum Gasteiger partial charge on any atom is -0.463 e. The zero-order chi connectivity index (χ0) is 43.9. The van der Waals surface area contributed by atoms with E-state index in [0.717, 1.165) is 12.8 Å². The summed E-state index contributed by atoms with van der Waals surface area (Å²) in [7, 11) is 0. The van der Waals surface area contributed by atoms with Crippen LogP contribution in [0.2, 0.25) is 0 Å². The number of hydrogen-bond acceptors (Lipinski definition) is 19. The normalized spacial score (nSPS) is 11.6. The maximum absolute atomic E-state index is 11.6. The summed E-state index contributed by atoms with van der Waals surface area (Å²) < 4.78 is 92.2. The van der Waals surface area contributed by atoms with E-state index in [1.54, 1.807) is 0 Å². The maximum atomic E-state index is 11.6. The Labute approximate surface area is 366 Å². The van der Waals surface area contributed by atoms with Crippen molar-refractivity contribution in [3.8, 4) is 0 Å². The summed E-state index contributed by atoms with van der Waals surface area (Å²) in [6.07, 6.45) is 6.04. The van der Waals surface area contributed by atoms with Crippen LogP contribution in [0.4, 0.5) is 0 Å². The van der Waals surface area contributed by atoms with Crippen LogP contribution in [-0.2, 0) is 85.3 Å². The second-order valence-electron chi connectivity index (χ2n) is 12.9. The molecule has 0 unspecified atom stereocenters. The van der Waals surface area contributed by atoms with Crippen molar-refractivity contribution in [1.29, 1.82) is 0 Å². The summed E-state index contributed by atoms with van der Waals surface area (Å²) in [6, 6.07) is 0. The van der Waals surface area contributed by atoms with Gasteiger partial charge in [-0.1, -0.05) is 32.6 Å². The molecule has 0 radical (unpaired) electrons. The molecule has 1 N–H and O–H groups in total. The van der Waals surface area contributed by atoms with Crippen molar-refractivity contribution < 1.29 is 90.4 Å². The molecule has 0 spiro atoms. The molecule has 0 heterocycles. The molecule has 366 valence electrons. The zero-order valence-corrected chi connectivity index (χ0v) is 37.6. The van der Waals surface area contributed by atoms with Crippen molar-refractivity contribution in [1.82, 2.24) is 0 Å². The van der Waals surface area contributed by atoms with E-state index in [4.69, 9.17) is 85.6 Å². The van der Waals surface area contributed by atoms with Crippen LogP contribution >= 0.6 is 0 Å². The van der Waals surface area contributed by atoms with Crippen LogP contribution in [0.5, 0.6) is 0 Å². The van der Waals surface area contributed by atoms with Crippen LogP contribution in [0.15, 0.2) is 0 Å². The van der Waals surface area contributed by atoms with Crippen LogP contribution in [0.25, 0.3) is 0 Å². The number of rotatable bonds is 56. The quantitative estimate of drug-likeness (QED) is 0.0689. The monoisotopic (exact) mass is 893 g/mol. The number of carbonyl (C=O) groups excluding carboxylic acids is 1. The van der Waals surface area contributed by atoms with E-state index in [-0.39, 0.29) is 19.2 Å². The molecule has 0 aromatic carbocycles. The first-order valence-corrected chi connectivity index (χ1v) is 22.3. The van der Waals surface area contributed by atoms with E-state index in [2.05, 4.69) is 6.92 Å². The zero-order valence-electron chi connectivity index (χ0n) is 37.6. The molecule has 0 aromatic heterocycles. The molecule has 0 aliphatic carbocycles. The van der Waals surface area contributed by atoms with Crippen molar-refractivity contribution in [2.75, 3.05) is 225 Å². The minimum atomic E-state index is -0.152. The third-order valence-corrected chi connectivity index (χ3v) is 7.79. The number of unbranched alkanes of at least 4 members (excludes halogenated alkanes) is 4. The minimum absolute atomic E-state index is 0.0200. The molecule has 0 aliphatic rings. The van der Waals surface area contributed by atoms with Gasteiger partial charge in [-0.2, -0.15) is 0 Å². The number of aliphatic hydroxyl groups excluding tert-OH is 1. The number of aliphatic hydroxyl groups is 1. The van der Waals surface area contributed by atoms with Gasteiger partial charge in [0.25, 0.3) is 0 Å². The predicted molar refractivity (Wildman–Crippen MR) is 225 cm³/mol. The Morgan fingerprint density at radius 3 is 0.689 bits per heavy atom. The van der Waals surface area contributed by atoms with Crippen molar-refractivity contribution in [2.24, 2.45) is 0 Å². The van der Waals surface area contributed by atoms with Crippen LogP contribution < -0.4 is 0 Å². The number of esters is 1. The average Bonchev–Trinajstić information content (AvgIpc) is 3.27. The van der Waals surface area contributed by atoms with Gasteiger partial charge in [-0.25, -0.2) is 0 Å². The van der Waals surface area contributed by atoms with Gasteiger partial charge < -0.3 is 85.6 Å². The lowest BCUT2D eigenvalue weighted by molar-refractivity contribution is -0.145. The first-order chi connectivity index (χ1) is 30.3. The Hall–Kier alpha value is -1.21. The molecule has 0 fully saturated rings. The summed E-state index contributed by atoms with van der Waals surface area (Å²) in [6.45, 7) is 17.8. The second kappa shape index (κ2) is 56.8. The highest BCUT2D eigenvalue weighted by atomic mass is 16.6. The highest BCUT2D eigenvalue weighted by Crippen LogP contribution is 2.05. The van der Waals surface area contributed by atoms with E-state index in [9.17, 15) is 4.79 Å². The van der Waals surface area contributed by atoms with Crippen molar-refractivity contribution in [3.63, 3.8) is 0 Å². The largest absolute Gasteiger partial charge is 0.463 e. The van der Waals surface area contributed by atoms with Gasteiger partial charge in [0.1, 0.15) is 6.61 Å². The molecule has 19 nitrogen and oxygen atoms in total. The lowest BCUT2D eigenvalue weighted by Gasteiger charge is -2.09. The molecular formula is C42H84O19. The van der Waals surface area contributed by atoms with Crippen molar-refractivity contribution >= 4 is 5.97 Å². The smallest absolute Gasteiger partial charge is 0.305 e. The Morgan fingerprint density at radius 1 is 0.279 bits per heavy atom. The standard InChI is InChI=1S/C42H84O19/c1-2-3-4-5-6-7-42(44)61-41-40-60-39-38-59-37-36-58-35-34-57-33-32-56-31-30-55-29-28-54-27-26-53-25-24-52-23-22-51-21-20-50-19-18-49-17-16-48-15-14-47-13-12-46-11-10-45-9-8-43/h43H,2-41H2,1H3. The third kappa shape index (κ3) is 56.8. The maximum Gasteiger partial charge on any atom is 0.305 e. The fourth-order valence-corrected chi connectivity index (χ4v) is 4.62. The molecule has 0 bridgehead atoms. The lowest BCUT2D eigenvalue weighted by atomic mass is 10.1. The molecule has 61 heavy (non-hydrogen) atoms. The Morgan fingerprint density at radius 2 is 0.475 bits per heavy atom. The van der Waals surface area contributed by atoms with Gasteiger partial charge in [0.2, 0.25) is 0 Å². The average molecular weight is 893 g/mol. The van der Waals surface area contributed by atoms with Crippen LogP contribution in [0, 0.1) is 0 Å². The van der Waals surface area contributed by atoms with Gasteiger partial charge in [-0.15, -0.1) is 0 Å². The predicted octanol–water partition coefficient (Wildman–Crippen LogP) is 2.15. The first kappa shape index (κ1) is 59.8. The summed E-state index contributed by atoms with van der Waals surface area (Å²) in [5.74, 6) is -0.152. The van der Waals surface area contributed by atoms with Gasteiger partial charge in [-0.3, -0.25) is 4.79 Å². The molecular weight excluding hydrogens is 808 g/mol. The van der Waals surface area contributed by atoms with Gasteiger partial charge in [0.15, 0.2) is 0 Å². The fourth-order valence-electron chi connectivity index (χ4n) is 4.62. The molecule has 19 heteroatoms. The molecule has 0 saturated heterocycles. The molecule has 0 aromatic rings. The summed E-state index contributed by atoms with van der Waals surface area (Å²) in [5, 5.41) is 8.60. The van der Waals surface area contributed by atoms with Crippen molar-refractivity contribution in [3.05, 3.63) is 0 Å². The molecule has 0 aliphatic heterocycles. The Balaban J connectivity index is 3.09. The van der Waals surface area contributed by atoms with Crippen LogP contribution in [0.3, 0.4) is 0 Å². The van der Waals surface area contributed by atoms with Gasteiger partial charge >= 0.3 is 5.97 Å². The van der Waals surface area contributed by atoms with Gasteiger partial charge in [0.05, 0.1) is 218 Å². The number of ether oxygens (including phenoxy) is 17. The topological polar surface area (TPSA) is 194 Å². The van der Waals surface area contributed by atoms with E-state index in [0.29, 0.717) is 218 Å². The van der Waals surface area contributed by atoms with E-state index < -0.39 is 0 Å². The second-order valence-corrected chi connectivity index (χ2v) is 12.9. The van der Waals surface area contributed by atoms with E-state index >= 15 is 0 Å². The summed E-state index contributed by atoms with van der Waals surface area (Å²) in [4.78, 5) is 11.6. The Kier molecular flexibility index (Phi) is 55.7. The highest BCUT2D eigenvalue weighted by molar-refractivity contribution is 5.69. The third-order valence-electron chi connectivity index (χ3n) is 7.79. The van der Waals surface area contributed by atoms with Crippen LogP contribution in [0.1, 0.15) is 45.4 Å². The molecule has 0 saturated carbocycles.